The molecule has 0 bridgehead atoms. The van der Waals surface area contributed by atoms with Gasteiger partial charge in [0, 0.05) is 26.2 Å². The highest BCUT2D eigenvalue weighted by Crippen LogP contribution is 2.16. The zero-order valence-corrected chi connectivity index (χ0v) is 9.67. The van der Waals surface area contributed by atoms with Gasteiger partial charge < -0.3 is 15.2 Å². The Labute approximate surface area is 95.7 Å². The highest BCUT2D eigenvalue weighted by molar-refractivity contribution is 7.80. The van der Waals surface area contributed by atoms with E-state index in [0.29, 0.717) is 10.9 Å². The van der Waals surface area contributed by atoms with Crippen molar-refractivity contribution in [3.8, 4) is 0 Å². The minimum absolute atomic E-state index is 0.0592. The summed E-state index contributed by atoms with van der Waals surface area (Å²) in [6.07, 6.45) is 1.12. The maximum Gasteiger partial charge on any atom is 0.120 e. The fourth-order valence-electron chi connectivity index (χ4n) is 2.13. The van der Waals surface area contributed by atoms with E-state index in [4.69, 9.17) is 27.4 Å². The van der Waals surface area contributed by atoms with Crippen molar-refractivity contribution < 1.29 is 9.47 Å². The number of morpholine rings is 1. The summed E-state index contributed by atoms with van der Waals surface area (Å²) < 4.78 is 10.9. The van der Waals surface area contributed by atoms with Crippen molar-refractivity contribution in [2.45, 2.75) is 12.5 Å². The molecule has 0 saturated carbocycles. The molecule has 5 heteroatoms. The molecule has 2 saturated heterocycles. The van der Waals surface area contributed by atoms with E-state index >= 15 is 0 Å². The molecule has 0 aromatic rings. The Morgan fingerprint density at radius 1 is 1.47 bits per heavy atom. The zero-order chi connectivity index (χ0) is 10.7. The van der Waals surface area contributed by atoms with Gasteiger partial charge in [-0.2, -0.15) is 0 Å². The monoisotopic (exact) mass is 230 g/mol. The quantitative estimate of drug-likeness (QED) is 0.692. The smallest absolute Gasteiger partial charge is 0.120 e. The van der Waals surface area contributed by atoms with Crippen LogP contribution in [0.15, 0.2) is 0 Å². The van der Waals surface area contributed by atoms with Crippen LogP contribution in [0.5, 0.6) is 0 Å². The molecular formula is C10H18N2O2S. The highest BCUT2D eigenvalue weighted by atomic mass is 32.1. The third-order valence-corrected chi connectivity index (χ3v) is 3.27. The number of nitrogens with two attached hydrogens (primary N) is 1. The summed E-state index contributed by atoms with van der Waals surface area (Å²) in [5.74, 6) is 0.676. The third kappa shape index (κ3) is 3.11. The fourth-order valence-corrected chi connectivity index (χ4v) is 2.28. The average molecular weight is 230 g/mol. The Hall–Kier alpha value is -0.230. The fraction of sp³-hybridized carbons (Fsp3) is 0.900. The van der Waals surface area contributed by atoms with Gasteiger partial charge in [0.05, 0.1) is 13.2 Å². The van der Waals surface area contributed by atoms with E-state index in [0.717, 1.165) is 39.5 Å². The summed E-state index contributed by atoms with van der Waals surface area (Å²) in [7, 11) is 0. The topological polar surface area (TPSA) is 47.7 Å². The van der Waals surface area contributed by atoms with Gasteiger partial charge in [0.25, 0.3) is 0 Å². The van der Waals surface area contributed by atoms with Crippen molar-refractivity contribution >= 4 is 17.2 Å². The van der Waals surface area contributed by atoms with Gasteiger partial charge in [-0.25, -0.2) is 0 Å². The summed E-state index contributed by atoms with van der Waals surface area (Å²) >= 11 is 4.95. The number of hydrogen-bond donors (Lipinski definition) is 1. The van der Waals surface area contributed by atoms with E-state index < -0.39 is 0 Å². The predicted octanol–water partition coefficient (Wildman–Crippen LogP) is 0.00980. The second-order valence-corrected chi connectivity index (χ2v) is 4.72. The number of ether oxygens (including phenoxy) is 2. The Kier molecular flexibility index (Phi) is 3.91. The van der Waals surface area contributed by atoms with E-state index in [1.807, 2.05) is 0 Å². The third-order valence-electron chi connectivity index (χ3n) is 3.01. The predicted molar refractivity (Wildman–Crippen MR) is 61.9 cm³/mol. The Bertz CT molecular complexity index is 231. The largest absolute Gasteiger partial charge is 0.391 e. The molecule has 2 heterocycles. The lowest BCUT2D eigenvalue weighted by Gasteiger charge is -2.33. The number of rotatable bonds is 3. The van der Waals surface area contributed by atoms with Crippen LogP contribution >= 0.6 is 12.2 Å². The van der Waals surface area contributed by atoms with Crippen LogP contribution < -0.4 is 5.73 Å². The molecule has 2 N–H and O–H groups in total. The molecule has 0 aliphatic carbocycles. The molecule has 2 aliphatic rings. The van der Waals surface area contributed by atoms with Crippen molar-refractivity contribution in [3.63, 3.8) is 0 Å². The first-order valence-corrected chi connectivity index (χ1v) is 5.87. The molecular weight excluding hydrogens is 212 g/mol. The van der Waals surface area contributed by atoms with Crippen LogP contribution in [0, 0.1) is 5.92 Å². The van der Waals surface area contributed by atoms with Crippen LogP contribution in [0.3, 0.4) is 0 Å². The van der Waals surface area contributed by atoms with E-state index in [1.165, 1.54) is 6.42 Å². The van der Waals surface area contributed by atoms with E-state index in [2.05, 4.69) is 4.90 Å². The van der Waals surface area contributed by atoms with Crippen molar-refractivity contribution in [2.75, 3.05) is 39.5 Å². The average Bonchev–Trinajstić information content (AvgIpc) is 2.71. The Balaban J connectivity index is 1.79. The summed E-state index contributed by atoms with van der Waals surface area (Å²) in [6, 6.07) is 0. The van der Waals surface area contributed by atoms with Crippen LogP contribution in [-0.4, -0.2) is 55.4 Å². The highest BCUT2D eigenvalue weighted by Gasteiger charge is 2.25. The van der Waals surface area contributed by atoms with Gasteiger partial charge in [0.1, 0.15) is 11.1 Å². The van der Waals surface area contributed by atoms with E-state index in [9.17, 15) is 0 Å². The van der Waals surface area contributed by atoms with Crippen LogP contribution in [-0.2, 0) is 9.47 Å². The first-order valence-electron chi connectivity index (χ1n) is 5.46. The van der Waals surface area contributed by atoms with E-state index in [1.54, 1.807) is 0 Å². The number of hydrogen-bond acceptors (Lipinski definition) is 4. The maximum atomic E-state index is 5.59. The SMILES string of the molecule is NC(=S)C1CN(CC2CCOC2)CCO1. The summed E-state index contributed by atoms with van der Waals surface area (Å²) in [5, 5.41) is 0. The summed E-state index contributed by atoms with van der Waals surface area (Å²) in [6.45, 7) is 5.45. The van der Waals surface area contributed by atoms with Crippen LogP contribution in [0.2, 0.25) is 0 Å². The first kappa shape index (κ1) is 11.3. The molecule has 86 valence electrons. The molecule has 0 amide bonds. The van der Waals surface area contributed by atoms with Crippen LogP contribution in [0.1, 0.15) is 6.42 Å². The molecule has 2 unspecified atom stereocenters. The number of nitrogens with zero attached hydrogens (tertiary/aromatic N) is 1. The standard InChI is InChI=1S/C10H18N2O2S/c11-10(15)9-6-12(2-4-14-9)5-8-1-3-13-7-8/h8-9H,1-7H2,(H2,11,15). The van der Waals surface area contributed by atoms with Gasteiger partial charge in [-0.3, -0.25) is 4.90 Å². The van der Waals surface area contributed by atoms with Gasteiger partial charge in [-0.15, -0.1) is 0 Å². The summed E-state index contributed by atoms with van der Waals surface area (Å²) in [4.78, 5) is 2.86. The molecule has 0 spiro atoms. The van der Waals surface area contributed by atoms with E-state index in [-0.39, 0.29) is 6.10 Å². The molecule has 0 aromatic carbocycles. The normalized spacial score (nSPS) is 33.1. The lowest BCUT2D eigenvalue weighted by atomic mass is 10.1. The van der Waals surface area contributed by atoms with Gasteiger partial charge >= 0.3 is 0 Å². The Morgan fingerprint density at radius 2 is 2.33 bits per heavy atom. The molecule has 2 atom stereocenters. The second-order valence-electron chi connectivity index (χ2n) is 4.25. The van der Waals surface area contributed by atoms with Crippen LogP contribution in [0.25, 0.3) is 0 Å². The second kappa shape index (κ2) is 5.21. The molecule has 0 radical (unpaired) electrons. The van der Waals surface area contributed by atoms with Gasteiger partial charge in [0.15, 0.2) is 0 Å². The van der Waals surface area contributed by atoms with Crippen molar-refractivity contribution in [2.24, 2.45) is 11.7 Å². The maximum absolute atomic E-state index is 5.59. The lowest BCUT2D eigenvalue weighted by Crippen LogP contribution is -2.49. The molecule has 2 aliphatic heterocycles. The van der Waals surface area contributed by atoms with Crippen molar-refractivity contribution in [1.29, 1.82) is 0 Å². The van der Waals surface area contributed by atoms with Gasteiger partial charge in [-0.05, 0) is 12.3 Å². The molecule has 0 aromatic heterocycles. The molecule has 2 fully saturated rings. The van der Waals surface area contributed by atoms with Crippen LogP contribution in [0.4, 0.5) is 0 Å². The molecule has 15 heavy (non-hydrogen) atoms. The lowest BCUT2D eigenvalue weighted by molar-refractivity contribution is 0.000853. The molecule has 4 nitrogen and oxygen atoms in total. The first-order chi connectivity index (χ1) is 7.25. The number of thiocarbonyl (C=S) groups is 1. The van der Waals surface area contributed by atoms with Crippen molar-refractivity contribution in [3.05, 3.63) is 0 Å². The molecule has 2 rings (SSSR count). The Morgan fingerprint density at radius 3 is 3.00 bits per heavy atom. The minimum atomic E-state index is -0.0592. The zero-order valence-electron chi connectivity index (χ0n) is 8.85. The van der Waals surface area contributed by atoms with Gasteiger partial charge in [-0.1, -0.05) is 12.2 Å². The van der Waals surface area contributed by atoms with Gasteiger partial charge in [0.2, 0.25) is 0 Å². The minimum Gasteiger partial charge on any atom is -0.391 e. The summed E-state index contributed by atoms with van der Waals surface area (Å²) in [5.41, 5.74) is 5.59. The van der Waals surface area contributed by atoms with Crippen molar-refractivity contribution in [1.82, 2.24) is 4.90 Å².